The van der Waals surface area contributed by atoms with E-state index >= 15 is 0 Å². The number of ether oxygens (including phenoxy) is 1. The first kappa shape index (κ1) is 15.6. The second-order valence-electron chi connectivity index (χ2n) is 4.75. The topological polar surface area (TPSA) is 102 Å². The molecular formula is C14H14IN7O. The van der Waals surface area contributed by atoms with Gasteiger partial charge in [0, 0.05) is 4.43 Å². The van der Waals surface area contributed by atoms with Gasteiger partial charge < -0.3 is 10.1 Å². The quantitative estimate of drug-likeness (QED) is 0.464. The SMILES string of the molecule is Cc1nnc(OCc2cccc(CI)c2)nc1Nc1cn[nH]n1. The van der Waals surface area contributed by atoms with Crippen LogP contribution < -0.4 is 10.1 Å². The highest BCUT2D eigenvalue weighted by Gasteiger charge is 2.08. The van der Waals surface area contributed by atoms with E-state index in [-0.39, 0.29) is 6.01 Å². The Kier molecular flexibility index (Phi) is 4.95. The molecule has 0 atom stereocenters. The monoisotopic (exact) mass is 423 g/mol. The van der Waals surface area contributed by atoms with Crippen molar-refractivity contribution in [3.63, 3.8) is 0 Å². The van der Waals surface area contributed by atoms with Crippen LogP contribution in [0.25, 0.3) is 0 Å². The summed E-state index contributed by atoms with van der Waals surface area (Å²) in [4.78, 5) is 4.31. The van der Waals surface area contributed by atoms with Gasteiger partial charge in [-0.15, -0.1) is 10.2 Å². The highest BCUT2D eigenvalue weighted by atomic mass is 127. The van der Waals surface area contributed by atoms with Crippen LogP contribution in [0.3, 0.4) is 0 Å². The van der Waals surface area contributed by atoms with E-state index in [1.807, 2.05) is 12.1 Å². The van der Waals surface area contributed by atoms with Gasteiger partial charge in [0.15, 0.2) is 11.6 Å². The zero-order valence-electron chi connectivity index (χ0n) is 12.3. The number of alkyl halides is 1. The lowest BCUT2D eigenvalue weighted by Gasteiger charge is -2.08. The third-order valence-corrected chi connectivity index (χ3v) is 3.89. The largest absolute Gasteiger partial charge is 0.457 e. The minimum Gasteiger partial charge on any atom is -0.457 e. The molecule has 0 aliphatic rings. The minimum absolute atomic E-state index is 0.210. The van der Waals surface area contributed by atoms with E-state index in [1.165, 1.54) is 5.56 Å². The molecule has 2 heterocycles. The summed E-state index contributed by atoms with van der Waals surface area (Å²) in [6, 6.07) is 8.41. The predicted octanol–water partition coefficient (Wildman–Crippen LogP) is 2.56. The van der Waals surface area contributed by atoms with Gasteiger partial charge in [-0.3, -0.25) is 0 Å². The number of aryl methyl sites for hydroxylation is 1. The molecule has 3 rings (SSSR count). The number of benzene rings is 1. The summed E-state index contributed by atoms with van der Waals surface area (Å²) in [6.45, 7) is 2.19. The van der Waals surface area contributed by atoms with Crippen LogP contribution in [0, 0.1) is 6.92 Å². The molecule has 0 saturated carbocycles. The maximum Gasteiger partial charge on any atom is 0.338 e. The van der Waals surface area contributed by atoms with Crippen molar-refractivity contribution in [2.75, 3.05) is 5.32 Å². The predicted molar refractivity (Wildman–Crippen MR) is 92.7 cm³/mol. The summed E-state index contributed by atoms with van der Waals surface area (Å²) in [5.74, 6) is 1.08. The van der Waals surface area contributed by atoms with Crippen LogP contribution in [0.15, 0.2) is 30.5 Å². The number of nitrogens with one attached hydrogen (secondary N) is 2. The Morgan fingerprint density at radius 2 is 2.13 bits per heavy atom. The summed E-state index contributed by atoms with van der Waals surface area (Å²) in [5, 5.41) is 21.2. The summed E-state index contributed by atoms with van der Waals surface area (Å²) in [7, 11) is 0. The molecule has 1 aromatic carbocycles. The normalized spacial score (nSPS) is 10.5. The summed E-state index contributed by atoms with van der Waals surface area (Å²) >= 11 is 2.33. The average molecular weight is 423 g/mol. The number of aromatic nitrogens is 6. The number of hydrogen-bond donors (Lipinski definition) is 2. The van der Waals surface area contributed by atoms with E-state index in [9.17, 15) is 0 Å². The number of H-pyrrole nitrogens is 1. The van der Waals surface area contributed by atoms with Crippen molar-refractivity contribution < 1.29 is 4.74 Å². The highest BCUT2D eigenvalue weighted by Crippen LogP contribution is 2.17. The third kappa shape index (κ3) is 4.12. The fraction of sp³-hybridized carbons (Fsp3) is 0.214. The lowest BCUT2D eigenvalue weighted by molar-refractivity contribution is 0.276. The minimum atomic E-state index is 0.210. The Hall–Kier alpha value is -2.30. The van der Waals surface area contributed by atoms with Gasteiger partial charge >= 0.3 is 6.01 Å². The van der Waals surface area contributed by atoms with E-state index < -0.39 is 0 Å². The molecule has 0 saturated heterocycles. The Morgan fingerprint density at radius 3 is 2.91 bits per heavy atom. The van der Waals surface area contributed by atoms with Crippen LogP contribution in [0.2, 0.25) is 0 Å². The Bertz CT molecular complexity index is 779. The molecule has 23 heavy (non-hydrogen) atoms. The number of aromatic amines is 1. The molecule has 0 aliphatic carbocycles. The molecule has 0 unspecified atom stereocenters. The number of halogens is 1. The molecule has 0 radical (unpaired) electrons. The second-order valence-corrected chi connectivity index (χ2v) is 5.51. The second kappa shape index (κ2) is 7.31. The first-order chi connectivity index (χ1) is 11.2. The van der Waals surface area contributed by atoms with Crippen molar-refractivity contribution in [2.45, 2.75) is 18.0 Å². The smallest absolute Gasteiger partial charge is 0.338 e. The van der Waals surface area contributed by atoms with Crippen LogP contribution in [-0.2, 0) is 11.0 Å². The highest BCUT2D eigenvalue weighted by molar-refractivity contribution is 14.1. The molecule has 9 heteroatoms. The molecule has 2 aromatic heterocycles. The molecule has 0 spiro atoms. The van der Waals surface area contributed by atoms with Crippen LogP contribution >= 0.6 is 22.6 Å². The molecule has 0 bridgehead atoms. The van der Waals surface area contributed by atoms with Crippen molar-refractivity contribution in [2.24, 2.45) is 0 Å². The van der Waals surface area contributed by atoms with Gasteiger partial charge in [0.05, 0.1) is 6.20 Å². The Morgan fingerprint density at radius 1 is 1.26 bits per heavy atom. The lowest BCUT2D eigenvalue weighted by Crippen LogP contribution is -2.06. The Labute approximate surface area is 146 Å². The molecule has 8 nitrogen and oxygen atoms in total. The van der Waals surface area contributed by atoms with Crippen LogP contribution in [0.1, 0.15) is 16.8 Å². The van der Waals surface area contributed by atoms with E-state index in [2.05, 4.69) is 70.6 Å². The van der Waals surface area contributed by atoms with E-state index in [4.69, 9.17) is 4.74 Å². The van der Waals surface area contributed by atoms with Gasteiger partial charge in [-0.25, -0.2) is 0 Å². The van der Waals surface area contributed by atoms with Crippen LogP contribution in [-0.4, -0.2) is 30.6 Å². The molecule has 0 fully saturated rings. The van der Waals surface area contributed by atoms with E-state index in [0.29, 0.717) is 23.9 Å². The van der Waals surface area contributed by atoms with Crippen molar-refractivity contribution in [3.05, 3.63) is 47.3 Å². The molecule has 0 amide bonds. The maximum atomic E-state index is 5.64. The van der Waals surface area contributed by atoms with Crippen LogP contribution in [0.4, 0.5) is 11.6 Å². The van der Waals surface area contributed by atoms with Crippen molar-refractivity contribution in [1.82, 2.24) is 30.6 Å². The lowest BCUT2D eigenvalue weighted by atomic mass is 10.1. The molecule has 0 aliphatic heterocycles. The standard InChI is InChI=1S/C14H14IN7O/c1-9-13(17-12-7-16-22-20-12)18-14(21-19-9)23-8-11-4-2-3-10(5-11)6-15/h2-5,7H,6,8H2,1H3,(H2,16,17,18,20,21,22). The van der Waals surface area contributed by atoms with Crippen LogP contribution in [0.5, 0.6) is 6.01 Å². The van der Waals surface area contributed by atoms with Gasteiger partial charge in [-0.1, -0.05) is 52.0 Å². The summed E-state index contributed by atoms with van der Waals surface area (Å²) < 4.78 is 6.59. The average Bonchev–Trinajstić information content (AvgIpc) is 3.09. The number of rotatable bonds is 6. The molecule has 3 aromatic rings. The fourth-order valence-electron chi connectivity index (χ4n) is 1.88. The van der Waals surface area contributed by atoms with E-state index in [1.54, 1.807) is 13.1 Å². The third-order valence-electron chi connectivity index (χ3n) is 3.01. The van der Waals surface area contributed by atoms with Gasteiger partial charge in [0.25, 0.3) is 0 Å². The molecular weight excluding hydrogens is 409 g/mol. The first-order valence-electron chi connectivity index (χ1n) is 6.85. The van der Waals surface area contributed by atoms with Crippen molar-refractivity contribution in [3.8, 4) is 6.01 Å². The molecule has 2 N–H and O–H groups in total. The fourth-order valence-corrected chi connectivity index (χ4v) is 2.35. The van der Waals surface area contributed by atoms with Crippen molar-refractivity contribution in [1.29, 1.82) is 0 Å². The number of anilines is 2. The van der Waals surface area contributed by atoms with Gasteiger partial charge in [-0.2, -0.15) is 15.3 Å². The van der Waals surface area contributed by atoms with Crippen molar-refractivity contribution >= 4 is 34.2 Å². The summed E-state index contributed by atoms with van der Waals surface area (Å²) in [6.07, 6.45) is 1.55. The number of hydrogen-bond acceptors (Lipinski definition) is 7. The zero-order valence-corrected chi connectivity index (χ0v) is 14.5. The van der Waals surface area contributed by atoms with Gasteiger partial charge in [-0.05, 0) is 18.1 Å². The maximum absolute atomic E-state index is 5.64. The van der Waals surface area contributed by atoms with Gasteiger partial charge in [0.1, 0.15) is 12.3 Å². The Balaban J connectivity index is 1.70. The zero-order chi connectivity index (χ0) is 16.1. The van der Waals surface area contributed by atoms with E-state index in [0.717, 1.165) is 9.99 Å². The van der Waals surface area contributed by atoms with Gasteiger partial charge in [0.2, 0.25) is 0 Å². The molecule has 118 valence electrons. The summed E-state index contributed by atoms with van der Waals surface area (Å²) in [5.41, 5.74) is 2.96. The first-order valence-corrected chi connectivity index (χ1v) is 8.38. The number of nitrogens with zero attached hydrogens (tertiary/aromatic N) is 5.